The molecule has 0 amide bonds. The first kappa shape index (κ1) is 24.0. The van der Waals surface area contributed by atoms with E-state index in [2.05, 4.69) is 4.98 Å². The molecule has 33 heavy (non-hydrogen) atoms. The van der Waals surface area contributed by atoms with Crippen LogP contribution in [0.5, 0.6) is 17.2 Å². The lowest BCUT2D eigenvalue weighted by atomic mass is 9.93. The van der Waals surface area contributed by atoms with Gasteiger partial charge in [0.1, 0.15) is 35.6 Å². The average molecular weight is 452 g/mol. The molecule has 1 unspecified atom stereocenters. The Hall–Kier alpha value is -3.61. The third-order valence-electron chi connectivity index (χ3n) is 5.27. The Labute approximate surface area is 193 Å². The van der Waals surface area contributed by atoms with Gasteiger partial charge >= 0.3 is 5.97 Å². The minimum atomic E-state index is -1.13. The summed E-state index contributed by atoms with van der Waals surface area (Å²) in [7, 11) is 1.61. The van der Waals surface area contributed by atoms with E-state index >= 15 is 0 Å². The van der Waals surface area contributed by atoms with Crippen molar-refractivity contribution >= 4 is 22.7 Å². The standard InChI is InChI=1S/C26H29NO6/c1-5-23(28)21(26(29)30)12-17-8-6-7-9-24(17)32-15-18-14-27-22-11-10-19(31-4)13-20(22)25(18)33-16(2)3/h6-11,13-14,16,21H,5,12,15H2,1-4H3,(H,29,30). The van der Waals surface area contributed by atoms with Crippen molar-refractivity contribution in [3.63, 3.8) is 0 Å². The molecule has 7 nitrogen and oxygen atoms in total. The number of pyridine rings is 1. The van der Waals surface area contributed by atoms with E-state index in [1.165, 1.54) is 0 Å². The van der Waals surface area contributed by atoms with Crippen molar-refractivity contribution in [3.05, 3.63) is 59.8 Å². The number of nitrogens with zero attached hydrogens (tertiary/aromatic N) is 1. The predicted molar refractivity (Wildman–Crippen MR) is 125 cm³/mol. The molecule has 3 rings (SSSR count). The van der Waals surface area contributed by atoms with E-state index in [4.69, 9.17) is 14.2 Å². The number of carboxylic acids is 1. The van der Waals surface area contributed by atoms with Crippen molar-refractivity contribution in [2.24, 2.45) is 5.92 Å². The normalized spacial score (nSPS) is 11.9. The molecule has 0 radical (unpaired) electrons. The quantitative estimate of drug-likeness (QED) is 0.417. The Balaban J connectivity index is 1.92. The first-order valence-corrected chi connectivity index (χ1v) is 10.9. The molecule has 3 aromatic rings. The van der Waals surface area contributed by atoms with Gasteiger partial charge in [-0.3, -0.25) is 14.6 Å². The van der Waals surface area contributed by atoms with Gasteiger partial charge in [0.15, 0.2) is 0 Å². The van der Waals surface area contributed by atoms with E-state index in [-0.39, 0.29) is 31.3 Å². The summed E-state index contributed by atoms with van der Waals surface area (Å²) in [6, 6.07) is 12.8. The summed E-state index contributed by atoms with van der Waals surface area (Å²) in [4.78, 5) is 28.3. The number of carbonyl (C=O) groups is 2. The molecule has 1 heterocycles. The van der Waals surface area contributed by atoms with Crippen LogP contribution in [0.3, 0.4) is 0 Å². The fourth-order valence-corrected chi connectivity index (χ4v) is 3.57. The molecular formula is C26H29NO6. The van der Waals surface area contributed by atoms with E-state index < -0.39 is 11.9 Å². The first-order valence-electron chi connectivity index (χ1n) is 10.9. The fourth-order valence-electron chi connectivity index (χ4n) is 3.57. The minimum Gasteiger partial charge on any atom is -0.497 e. The SMILES string of the molecule is CCC(=O)C(Cc1ccccc1OCc1cnc2ccc(OC)cc2c1OC(C)C)C(=O)O. The molecule has 0 aliphatic rings. The van der Waals surface area contributed by atoms with Crippen LogP contribution >= 0.6 is 0 Å². The molecule has 0 aliphatic heterocycles. The number of aromatic nitrogens is 1. The zero-order valence-electron chi connectivity index (χ0n) is 19.3. The predicted octanol–water partition coefficient (Wildman–Crippen LogP) is 4.83. The molecule has 174 valence electrons. The van der Waals surface area contributed by atoms with Gasteiger partial charge in [-0.1, -0.05) is 25.1 Å². The number of fused-ring (bicyclic) bond motifs is 1. The van der Waals surface area contributed by atoms with Gasteiger partial charge in [0.05, 0.1) is 24.3 Å². The molecule has 1 atom stereocenters. The maximum absolute atomic E-state index is 12.1. The Morgan fingerprint density at radius 2 is 1.85 bits per heavy atom. The molecule has 0 saturated carbocycles. The molecule has 1 aromatic heterocycles. The number of carboxylic acid groups (broad SMARTS) is 1. The maximum Gasteiger partial charge on any atom is 0.314 e. The molecule has 0 aliphatic carbocycles. The molecular weight excluding hydrogens is 422 g/mol. The smallest absolute Gasteiger partial charge is 0.314 e. The average Bonchev–Trinajstić information content (AvgIpc) is 2.81. The Morgan fingerprint density at radius 3 is 2.52 bits per heavy atom. The molecule has 1 N–H and O–H groups in total. The number of aliphatic carboxylic acids is 1. The van der Waals surface area contributed by atoms with Gasteiger partial charge in [0, 0.05) is 18.0 Å². The number of ketones is 1. The van der Waals surface area contributed by atoms with Crippen LogP contribution in [-0.4, -0.2) is 35.1 Å². The highest BCUT2D eigenvalue weighted by molar-refractivity contribution is 5.98. The van der Waals surface area contributed by atoms with E-state index in [0.29, 0.717) is 22.8 Å². The number of carbonyl (C=O) groups excluding carboxylic acids is 1. The summed E-state index contributed by atoms with van der Waals surface area (Å²) in [5.41, 5.74) is 2.19. The van der Waals surface area contributed by atoms with E-state index in [0.717, 1.165) is 16.5 Å². The molecule has 7 heteroatoms. The molecule has 0 spiro atoms. The Morgan fingerprint density at radius 1 is 1.09 bits per heavy atom. The van der Waals surface area contributed by atoms with Crippen LogP contribution in [0.2, 0.25) is 0 Å². The summed E-state index contributed by atoms with van der Waals surface area (Å²) >= 11 is 0. The first-order chi connectivity index (χ1) is 15.8. The largest absolute Gasteiger partial charge is 0.497 e. The fraction of sp³-hybridized carbons (Fsp3) is 0.346. The number of hydrogen-bond acceptors (Lipinski definition) is 6. The number of rotatable bonds is 11. The number of hydrogen-bond donors (Lipinski definition) is 1. The third-order valence-corrected chi connectivity index (χ3v) is 5.27. The highest BCUT2D eigenvalue weighted by Crippen LogP contribution is 2.33. The van der Waals surface area contributed by atoms with Crippen LogP contribution in [0.4, 0.5) is 0 Å². The number of benzene rings is 2. The monoisotopic (exact) mass is 451 g/mol. The van der Waals surface area contributed by atoms with E-state index in [9.17, 15) is 14.7 Å². The molecule has 2 aromatic carbocycles. The van der Waals surface area contributed by atoms with Crippen molar-refractivity contribution in [2.75, 3.05) is 7.11 Å². The highest BCUT2D eigenvalue weighted by Gasteiger charge is 2.26. The van der Waals surface area contributed by atoms with E-state index in [1.54, 1.807) is 38.4 Å². The summed E-state index contributed by atoms with van der Waals surface area (Å²) in [5, 5.41) is 10.3. The van der Waals surface area contributed by atoms with Crippen LogP contribution < -0.4 is 14.2 Å². The number of para-hydroxylation sites is 1. The van der Waals surface area contributed by atoms with Gasteiger partial charge < -0.3 is 19.3 Å². The van der Waals surface area contributed by atoms with Crippen molar-refractivity contribution in [1.29, 1.82) is 0 Å². The van der Waals surface area contributed by atoms with E-state index in [1.807, 2.05) is 38.1 Å². The van der Waals surface area contributed by atoms with Gasteiger partial charge in [0.2, 0.25) is 0 Å². The zero-order chi connectivity index (χ0) is 24.0. The maximum atomic E-state index is 12.1. The van der Waals surface area contributed by atoms with Gasteiger partial charge in [-0.25, -0.2) is 0 Å². The second-order valence-electron chi connectivity index (χ2n) is 7.97. The molecule has 0 bridgehead atoms. The van der Waals surface area contributed by atoms with Crippen molar-refractivity contribution in [2.45, 2.75) is 46.3 Å². The van der Waals surface area contributed by atoms with Gasteiger partial charge in [0.25, 0.3) is 0 Å². The lowest BCUT2D eigenvalue weighted by Gasteiger charge is -2.18. The van der Waals surface area contributed by atoms with Crippen LogP contribution in [0, 0.1) is 5.92 Å². The van der Waals surface area contributed by atoms with Crippen LogP contribution in [0.25, 0.3) is 10.9 Å². The van der Waals surface area contributed by atoms with Crippen LogP contribution in [-0.2, 0) is 22.6 Å². The van der Waals surface area contributed by atoms with Crippen molar-refractivity contribution < 1.29 is 28.9 Å². The summed E-state index contributed by atoms with van der Waals surface area (Å²) < 4.78 is 17.6. The summed E-state index contributed by atoms with van der Waals surface area (Å²) in [5.74, 6) is -0.657. The lowest BCUT2D eigenvalue weighted by Crippen LogP contribution is -2.25. The Bertz CT molecular complexity index is 1140. The second kappa shape index (κ2) is 10.8. The number of Topliss-reactive ketones (excluding diaryl/α,β-unsaturated/α-hetero) is 1. The van der Waals surface area contributed by atoms with Gasteiger partial charge in [-0.15, -0.1) is 0 Å². The van der Waals surface area contributed by atoms with Crippen molar-refractivity contribution in [1.82, 2.24) is 4.98 Å². The summed E-state index contributed by atoms with van der Waals surface area (Å²) in [6.45, 7) is 5.73. The Kier molecular flexibility index (Phi) is 7.87. The highest BCUT2D eigenvalue weighted by atomic mass is 16.5. The zero-order valence-corrected chi connectivity index (χ0v) is 19.3. The topological polar surface area (TPSA) is 95.0 Å². The van der Waals surface area contributed by atoms with Crippen LogP contribution in [0.1, 0.15) is 38.3 Å². The van der Waals surface area contributed by atoms with Gasteiger partial charge in [-0.2, -0.15) is 0 Å². The van der Waals surface area contributed by atoms with Crippen LogP contribution in [0.15, 0.2) is 48.7 Å². The minimum absolute atomic E-state index is 0.0655. The molecule has 0 fully saturated rings. The number of methoxy groups -OCH3 is 1. The second-order valence-corrected chi connectivity index (χ2v) is 7.97. The lowest BCUT2D eigenvalue weighted by molar-refractivity contribution is -0.146. The van der Waals surface area contributed by atoms with Gasteiger partial charge in [-0.05, 0) is 50.1 Å². The van der Waals surface area contributed by atoms with Crippen molar-refractivity contribution in [3.8, 4) is 17.2 Å². The number of ether oxygens (including phenoxy) is 3. The third kappa shape index (κ3) is 5.80. The molecule has 0 saturated heterocycles. The summed E-state index contributed by atoms with van der Waals surface area (Å²) in [6.07, 6.45) is 1.89.